The fourth-order valence-electron chi connectivity index (χ4n) is 4.17. The molecule has 0 spiro atoms. The molecule has 0 atom stereocenters. The lowest BCUT2D eigenvalue weighted by atomic mass is 9.96. The normalized spacial score (nSPS) is 13.6. The minimum atomic E-state index is -0.889. The van der Waals surface area contributed by atoms with Crippen LogP contribution >= 0.6 is 0 Å². The van der Waals surface area contributed by atoms with Crippen molar-refractivity contribution in [3.05, 3.63) is 89.0 Å². The Morgan fingerprint density at radius 2 is 1.86 bits per heavy atom. The summed E-state index contributed by atoms with van der Waals surface area (Å²) >= 11 is 0. The molecular weight excluding hydrogens is 452 g/mol. The molecule has 2 N–H and O–H groups in total. The third-order valence-corrected chi connectivity index (χ3v) is 6.19. The van der Waals surface area contributed by atoms with Crippen molar-refractivity contribution in [3.63, 3.8) is 0 Å². The van der Waals surface area contributed by atoms with E-state index in [1.54, 1.807) is 0 Å². The van der Waals surface area contributed by atoms with Gasteiger partial charge in [0.05, 0.1) is 19.8 Å². The van der Waals surface area contributed by atoms with E-state index in [9.17, 15) is 4.79 Å². The molecule has 0 amide bonds. The van der Waals surface area contributed by atoms with Crippen LogP contribution in [0.3, 0.4) is 0 Å². The van der Waals surface area contributed by atoms with E-state index in [-0.39, 0.29) is 6.54 Å². The van der Waals surface area contributed by atoms with E-state index in [1.807, 2.05) is 48.5 Å². The van der Waals surface area contributed by atoms with Gasteiger partial charge in [-0.2, -0.15) is 0 Å². The minimum Gasteiger partial charge on any atom is -0.492 e. The lowest BCUT2D eigenvalue weighted by molar-refractivity contribution is -0.136. The molecule has 3 aromatic rings. The molecule has 0 radical (unpaired) electrons. The van der Waals surface area contributed by atoms with Crippen LogP contribution in [0.25, 0.3) is 11.1 Å². The molecule has 0 aromatic heterocycles. The van der Waals surface area contributed by atoms with E-state index in [0.29, 0.717) is 13.2 Å². The van der Waals surface area contributed by atoms with Crippen molar-refractivity contribution in [1.29, 1.82) is 0 Å². The molecule has 186 valence electrons. The molecule has 1 aliphatic heterocycles. The largest absolute Gasteiger partial charge is 0.492 e. The van der Waals surface area contributed by atoms with Gasteiger partial charge in [0.1, 0.15) is 12.4 Å². The second-order valence-electron chi connectivity index (χ2n) is 8.72. The second-order valence-corrected chi connectivity index (χ2v) is 8.72. The van der Waals surface area contributed by atoms with Gasteiger partial charge in [-0.25, -0.2) is 0 Å². The predicted octanol–water partition coefficient (Wildman–Crippen LogP) is 3.95. The number of nitrogens with zero attached hydrogens (tertiary/aromatic N) is 1. The Morgan fingerprint density at radius 3 is 2.64 bits per heavy atom. The molecule has 1 fully saturated rings. The van der Waals surface area contributed by atoms with Crippen LogP contribution in [0.4, 0.5) is 0 Å². The monoisotopic (exact) mass is 484 g/mol. The Hall–Kier alpha value is -3.63. The second kappa shape index (κ2) is 12.9. The van der Waals surface area contributed by atoms with Crippen LogP contribution in [-0.2, 0) is 16.1 Å². The molecule has 0 aliphatic carbocycles. The van der Waals surface area contributed by atoms with Crippen LogP contribution in [-0.4, -0.2) is 62.0 Å². The standard InChI is InChI=1S/C30H32N2O4/c1-23-25(8-5-9-28(23)26-6-3-2-4-7-26)12-10-24-11-13-27(21-31-22-30(33)34)29(20-24)36-19-16-32-14-17-35-18-15-32/h2-9,11,13,20,31H,14-19,21-22H2,1H3,(H,33,34). The maximum Gasteiger partial charge on any atom is 0.317 e. The van der Waals surface area contributed by atoms with Gasteiger partial charge < -0.3 is 19.9 Å². The van der Waals surface area contributed by atoms with Gasteiger partial charge >= 0.3 is 5.97 Å². The van der Waals surface area contributed by atoms with Crippen molar-refractivity contribution < 1.29 is 19.4 Å². The molecule has 3 aromatic carbocycles. The maximum atomic E-state index is 10.9. The Labute approximate surface area is 212 Å². The van der Waals surface area contributed by atoms with Crippen molar-refractivity contribution >= 4 is 5.97 Å². The number of hydrogen-bond donors (Lipinski definition) is 2. The molecular formula is C30H32N2O4. The zero-order valence-corrected chi connectivity index (χ0v) is 20.6. The van der Waals surface area contributed by atoms with Crippen LogP contribution in [0.1, 0.15) is 22.3 Å². The number of aliphatic carboxylic acids is 1. The molecule has 0 saturated carbocycles. The molecule has 4 rings (SSSR count). The van der Waals surface area contributed by atoms with Gasteiger partial charge in [0.2, 0.25) is 0 Å². The summed E-state index contributed by atoms with van der Waals surface area (Å²) in [5, 5.41) is 11.9. The van der Waals surface area contributed by atoms with Crippen molar-refractivity contribution in [2.75, 3.05) is 46.0 Å². The number of benzene rings is 3. The van der Waals surface area contributed by atoms with Gasteiger partial charge in [-0.05, 0) is 41.8 Å². The summed E-state index contributed by atoms with van der Waals surface area (Å²) < 4.78 is 11.6. The quantitative estimate of drug-likeness (QED) is 0.448. The predicted molar refractivity (Wildman–Crippen MR) is 141 cm³/mol. The van der Waals surface area contributed by atoms with E-state index >= 15 is 0 Å². The molecule has 1 saturated heterocycles. The summed E-state index contributed by atoms with van der Waals surface area (Å²) in [5.74, 6) is 6.46. The fraction of sp³-hybridized carbons (Fsp3) is 0.300. The highest BCUT2D eigenvalue weighted by atomic mass is 16.5. The van der Waals surface area contributed by atoms with Crippen LogP contribution in [0.5, 0.6) is 5.75 Å². The number of morpholine rings is 1. The van der Waals surface area contributed by atoms with Gasteiger partial charge in [0.15, 0.2) is 0 Å². The molecule has 6 heteroatoms. The summed E-state index contributed by atoms with van der Waals surface area (Å²) in [7, 11) is 0. The van der Waals surface area contributed by atoms with Gasteiger partial charge in [-0.3, -0.25) is 9.69 Å². The molecule has 1 aliphatic rings. The smallest absolute Gasteiger partial charge is 0.317 e. The SMILES string of the molecule is Cc1c(C#Cc2ccc(CNCC(=O)O)c(OCCN3CCOCC3)c2)cccc1-c1ccccc1. The number of hydrogen-bond acceptors (Lipinski definition) is 5. The first-order chi connectivity index (χ1) is 17.6. The minimum absolute atomic E-state index is 0.105. The Bertz CT molecular complexity index is 1220. The van der Waals surface area contributed by atoms with Crippen molar-refractivity contribution in [2.45, 2.75) is 13.5 Å². The zero-order chi connectivity index (χ0) is 25.2. The van der Waals surface area contributed by atoms with Crippen molar-refractivity contribution in [1.82, 2.24) is 10.2 Å². The van der Waals surface area contributed by atoms with Gasteiger partial charge in [-0.1, -0.05) is 60.4 Å². The summed E-state index contributed by atoms with van der Waals surface area (Å²) in [5.41, 5.74) is 6.24. The first-order valence-corrected chi connectivity index (χ1v) is 12.3. The van der Waals surface area contributed by atoms with Crippen LogP contribution in [0.2, 0.25) is 0 Å². The first kappa shape index (κ1) is 25.5. The lowest BCUT2D eigenvalue weighted by Gasteiger charge is -2.26. The fourth-order valence-corrected chi connectivity index (χ4v) is 4.17. The van der Waals surface area contributed by atoms with Crippen molar-refractivity contribution in [3.8, 4) is 28.7 Å². The van der Waals surface area contributed by atoms with Gasteiger partial charge in [0, 0.05) is 42.9 Å². The van der Waals surface area contributed by atoms with E-state index in [1.165, 1.54) is 11.1 Å². The highest BCUT2D eigenvalue weighted by molar-refractivity contribution is 5.70. The third kappa shape index (κ3) is 7.19. The summed E-state index contributed by atoms with van der Waals surface area (Å²) in [4.78, 5) is 13.2. The molecule has 1 heterocycles. The van der Waals surface area contributed by atoms with E-state index < -0.39 is 5.97 Å². The Balaban J connectivity index is 1.52. The Morgan fingerprint density at radius 1 is 1.06 bits per heavy atom. The zero-order valence-electron chi connectivity index (χ0n) is 20.6. The van der Waals surface area contributed by atoms with Crippen LogP contribution in [0, 0.1) is 18.8 Å². The number of rotatable bonds is 9. The topological polar surface area (TPSA) is 71.0 Å². The van der Waals surface area contributed by atoms with E-state index in [0.717, 1.165) is 60.9 Å². The van der Waals surface area contributed by atoms with Gasteiger partial charge in [0.25, 0.3) is 0 Å². The summed E-state index contributed by atoms with van der Waals surface area (Å²) in [6.45, 7) is 7.07. The molecule has 6 nitrogen and oxygen atoms in total. The number of ether oxygens (including phenoxy) is 2. The molecule has 0 unspecified atom stereocenters. The number of carboxylic acid groups (broad SMARTS) is 1. The van der Waals surface area contributed by atoms with E-state index in [4.69, 9.17) is 14.6 Å². The summed E-state index contributed by atoms with van der Waals surface area (Å²) in [6, 6.07) is 22.4. The average molecular weight is 485 g/mol. The van der Waals surface area contributed by atoms with Crippen LogP contribution in [0.15, 0.2) is 66.7 Å². The van der Waals surface area contributed by atoms with E-state index in [2.05, 4.69) is 47.2 Å². The third-order valence-electron chi connectivity index (χ3n) is 6.19. The number of nitrogens with one attached hydrogen (secondary N) is 1. The lowest BCUT2D eigenvalue weighted by Crippen LogP contribution is -2.38. The Kier molecular flexibility index (Phi) is 9.12. The highest BCUT2D eigenvalue weighted by Crippen LogP contribution is 2.25. The highest BCUT2D eigenvalue weighted by Gasteiger charge is 2.11. The van der Waals surface area contributed by atoms with Crippen molar-refractivity contribution in [2.24, 2.45) is 0 Å². The first-order valence-electron chi connectivity index (χ1n) is 12.3. The molecule has 36 heavy (non-hydrogen) atoms. The average Bonchev–Trinajstić information content (AvgIpc) is 2.90. The molecule has 0 bridgehead atoms. The number of carboxylic acids is 1. The van der Waals surface area contributed by atoms with Gasteiger partial charge in [-0.15, -0.1) is 0 Å². The van der Waals surface area contributed by atoms with Crippen LogP contribution < -0.4 is 10.1 Å². The number of carbonyl (C=O) groups is 1. The summed E-state index contributed by atoms with van der Waals surface area (Å²) in [6.07, 6.45) is 0. The maximum absolute atomic E-state index is 10.9.